The van der Waals surface area contributed by atoms with Gasteiger partial charge in [-0.15, -0.1) is 45.3 Å². The van der Waals surface area contributed by atoms with Gasteiger partial charge in [-0.1, -0.05) is 12.1 Å². The number of amides is 2. The van der Waals surface area contributed by atoms with Gasteiger partial charge in [-0.05, 0) is 69.3 Å². The van der Waals surface area contributed by atoms with Crippen LogP contribution < -0.4 is 31.9 Å². The van der Waals surface area contributed by atoms with Crippen molar-refractivity contribution >= 4 is 86.3 Å². The van der Waals surface area contributed by atoms with Gasteiger partial charge in [0.05, 0.1) is 27.8 Å². The number of thiophene rings is 2. The number of aromatic carboxylic acids is 1. The number of nitrogens with one attached hydrogen (secondary N) is 2. The van der Waals surface area contributed by atoms with Gasteiger partial charge in [-0.2, -0.15) is 0 Å². The summed E-state index contributed by atoms with van der Waals surface area (Å²) in [6, 6.07) is 8.17. The highest BCUT2D eigenvalue weighted by Crippen LogP contribution is 2.30. The van der Waals surface area contributed by atoms with Gasteiger partial charge in [-0.25, -0.2) is 39.5 Å². The predicted molar refractivity (Wildman–Crippen MR) is 238 cm³/mol. The molecule has 0 radical (unpaired) electrons. The normalized spacial score (nSPS) is 14.6. The van der Waals surface area contributed by atoms with Crippen LogP contribution in [0, 0.1) is 0 Å². The number of piperidine rings is 2. The lowest BCUT2D eigenvalue weighted by molar-refractivity contribution is 0.0496. The summed E-state index contributed by atoms with van der Waals surface area (Å²) >= 11 is 5.98. The second-order valence-electron chi connectivity index (χ2n) is 14.6. The number of aromatic nitrogens is 6. The number of nitrogens with two attached hydrogens (primary N) is 2. The number of thiazole rings is 2. The van der Waals surface area contributed by atoms with Crippen LogP contribution in [0.25, 0.3) is 19.8 Å². The van der Waals surface area contributed by atoms with Gasteiger partial charge in [0.15, 0.2) is 17.3 Å². The monoisotopic (exact) mass is 890 g/mol. The van der Waals surface area contributed by atoms with Crippen LogP contribution in [0.1, 0.15) is 67.4 Å². The molecule has 2 saturated heterocycles. The summed E-state index contributed by atoms with van der Waals surface area (Å²) in [6.07, 6.45) is 9.36. The minimum atomic E-state index is -0.973. The lowest BCUT2D eigenvalue weighted by Gasteiger charge is -2.33. The van der Waals surface area contributed by atoms with Gasteiger partial charge in [0.25, 0.3) is 5.91 Å². The third-order valence-corrected chi connectivity index (χ3v) is 12.7. The van der Waals surface area contributed by atoms with Gasteiger partial charge >= 0.3 is 12.1 Å². The first kappa shape index (κ1) is 44.0. The van der Waals surface area contributed by atoms with Crippen LogP contribution in [-0.2, 0) is 4.74 Å². The first-order chi connectivity index (χ1) is 28.8. The highest BCUT2D eigenvalue weighted by Gasteiger charge is 2.25. The largest absolute Gasteiger partial charge is 0.476 e. The molecule has 7 N–H and O–H groups in total. The van der Waals surface area contributed by atoms with Gasteiger partial charge in [0, 0.05) is 49.0 Å². The quantitative estimate of drug-likeness (QED) is 0.104. The molecule has 6 aromatic rings. The smallest absolute Gasteiger partial charge is 0.407 e. The maximum absolute atomic E-state index is 12.6. The Morgan fingerprint density at radius 3 is 1.90 bits per heavy atom. The fraction of sp³-hybridized carbons (Fsp3) is 0.359. The lowest BCUT2D eigenvalue weighted by Crippen LogP contribution is -2.46. The standard InChI is InChI=1S/C17H18N6OS2.C14H23N5O2.C8H5NO2S2/c18-11-3-5-23(6-4-11)15-12(8-19-10-20-15)21-16(24)13-9-26-17(22-13)14-2-1-7-25-14;1-14(2,3)21-13(20)18-10-4-6-19(7-5-10)12-11(15)8-16-9-17-12;10-8(11)5-4-13-7(9-5)6-2-1-3-12-6/h1-2,7-11H,3-6,18H2,(H,21,24);8-10H,4-7,15H2,1-3H3,(H,18,20);1-4H,(H,10,11). The molecule has 2 aliphatic heterocycles. The van der Waals surface area contributed by atoms with Gasteiger partial charge in [0.1, 0.15) is 39.7 Å². The zero-order valence-corrected chi connectivity index (χ0v) is 36.5. The van der Waals surface area contributed by atoms with Crippen LogP contribution in [0.15, 0.2) is 70.8 Å². The van der Waals surface area contributed by atoms with Gasteiger partial charge in [0.2, 0.25) is 0 Å². The van der Waals surface area contributed by atoms with Crippen LogP contribution in [0.3, 0.4) is 0 Å². The highest BCUT2D eigenvalue weighted by molar-refractivity contribution is 7.20. The molecule has 0 atom stereocenters. The molecule has 2 amide bonds. The zero-order chi connectivity index (χ0) is 42.6. The van der Waals surface area contributed by atoms with E-state index in [2.05, 4.69) is 50.3 Å². The Morgan fingerprint density at radius 2 is 1.35 bits per heavy atom. The third-order valence-electron chi connectivity index (χ3n) is 8.94. The van der Waals surface area contributed by atoms with E-state index in [1.807, 2.05) is 55.8 Å². The van der Waals surface area contributed by atoms with E-state index >= 15 is 0 Å². The number of carboxylic acid groups (broad SMARTS) is 1. The van der Waals surface area contributed by atoms with Crippen molar-refractivity contribution in [1.82, 2.24) is 35.2 Å². The van der Waals surface area contributed by atoms with E-state index in [4.69, 9.17) is 21.3 Å². The number of anilines is 4. The van der Waals surface area contributed by atoms with Crippen molar-refractivity contribution in [2.45, 2.75) is 64.1 Å². The molecular formula is C39H46N12O5S4. The van der Waals surface area contributed by atoms with Gasteiger partial charge in [-0.3, -0.25) is 4.79 Å². The number of rotatable bonds is 8. The van der Waals surface area contributed by atoms with E-state index < -0.39 is 11.6 Å². The Bertz CT molecular complexity index is 2300. The molecule has 2 aliphatic rings. The van der Waals surface area contributed by atoms with E-state index in [1.54, 1.807) is 45.8 Å². The molecule has 60 heavy (non-hydrogen) atoms. The molecule has 6 aromatic heterocycles. The minimum Gasteiger partial charge on any atom is -0.476 e. The van der Waals surface area contributed by atoms with Crippen molar-refractivity contribution in [3.63, 3.8) is 0 Å². The van der Waals surface area contributed by atoms with Crippen LogP contribution >= 0.6 is 45.3 Å². The number of nitrogens with zero attached hydrogens (tertiary/aromatic N) is 8. The maximum atomic E-state index is 12.6. The summed E-state index contributed by atoms with van der Waals surface area (Å²) in [6.45, 7) is 8.79. The molecule has 0 unspecified atom stereocenters. The fourth-order valence-electron chi connectivity index (χ4n) is 6.05. The maximum Gasteiger partial charge on any atom is 0.407 e. The first-order valence-electron chi connectivity index (χ1n) is 19.0. The summed E-state index contributed by atoms with van der Waals surface area (Å²) in [5, 5.41) is 23.3. The van der Waals surface area contributed by atoms with Crippen molar-refractivity contribution in [2.24, 2.45) is 5.73 Å². The number of nitrogen functional groups attached to an aromatic ring is 1. The first-order valence-corrected chi connectivity index (χ1v) is 22.5. The van der Waals surface area contributed by atoms with E-state index in [0.717, 1.165) is 83.3 Å². The highest BCUT2D eigenvalue weighted by atomic mass is 32.1. The summed E-state index contributed by atoms with van der Waals surface area (Å²) in [5.41, 5.74) is 13.1. The SMILES string of the molecule is CC(C)(C)OC(=O)NC1CCN(c2ncncc2N)CC1.NC1CCN(c2ncncc2NC(=O)c2csc(-c3cccs3)n2)CC1.O=C(O)c1csc(-c2cccs2)n1. The Kier molecular flexibility index (Phi) is 15.1. The number of alkyl carbamates (subject to hydrolysis) is 1. The number of carbonyl (C=O) groups is 3. The van der Waals surface area contributed by atoms with E-state index in [0.29, 0.717) is 17.1 Å². The molecular weight excluding hydrogens is 845 g/mol. The number of ether oxygens (including phenoxy) is 1. The Labute approximate surface area is 362 Å². The molecule has 21 heteroatoms. The topological polar surface area (TPSA) is 241 Å². The fourth-order valence-corrected chi connectivity index (χ4v) is 9.27. The zero-order valence-electron chi connectivity index (χ0n) is 33.2. The summed E-state index contributed by atoms with van der Waals surface area (Å²) < 4.78 is 5.27. The Balaban J connectivity index is 0.000000159. The average Bonchev–Trinajstić information content (AvgIpc) is 4.07. The molecule has 316 valence electrons. The summed E-state index contributed by atoms with van der Waals surface area (Å²) in [5.74, 6) is 0.266. The van der Waals surface area contributed by atoms with Crippen molar-refractivity contribution in [1.29, 1.82) is 0 Å². The predicted octanol–water partition coefficient (Wildman–Crippen LogP) is 6.96. The van der Waals surface area contributed by atoms with Crippen molar-refractivity contribution in [3.8, 4) is 19.8 Å². The summed E-state index contributed by atoms with van der Waals surface area (Å²) in [4.78, 5) is 66.2. The van der Waals surface area contributed by atoms with Crippen LogP contribution in [0.5, 0.6) is 0 Å². The molecule has 0 spiro atoms. The van der Waals surface area contributed by atoms with Crippen LogP contribution in [-0.4, -0.2) is 96.8 Å². The number of hydrogen-bond acceptors (Lipinski definition) is 18. The number of carboxylic acids is 1. The lowest BCUT2D eigenvalue weighted by atomic mass is 10.1. The van der Waals surface area contributed by atoms with Gasteiger partial charge < -0.3 is 41.7 Å². The molecule has 0 bridgehead atoms. The Hall–Kier alpha value is -5.61. The van der Waals surface area contributed by atoms with E-state index in [1.165, 1.54) is 35.3 Å². The number of carbonyl (C=O) groups excluding carboxylic acids is 2. The molecule has 2 fully saturated rings. The van der Waals surface area contributed by atoms with Crippen LogP contribution in [0.2, 0.25) is 0 Å². The van der Waals surface area contributed by atoms with Crippen molar-refractivity contribution in [2.75, 3.05) is 47.0 Å². The number of hydrogen-bond donors (Lipinski definition) is 5. The Morgan fingerprint density at radius 1 is 0.800 bits per heavy atom. The average molecular weight is 891 g/mol. The van der Waals surface area contributed by atoms with Crippen molar-refractivity contribution in [3.05, 3.63) is 82.2 Å². The van der Waals surface area contributed by atoms with Crippen molar-refractivity contribution < 1.29 is 24.2 Å². The molecule has 17 nitrogen and oxygen atoms in total. The third kappa shape index (κ3) is 12.5. The molecule has 0 saturated carbocycles. The minimum absolute atomic E-state index is 0.119. The molecule has 8 rings (SSSR count). The molecule has 8 heterocycles. The molecule has 0 aliphatic carbocycles. The van der Waals surface area contributed by atoms with E-state index in [9.17, 15) is 14.4 Å². The summed E-state index contributed by atoms with van der Waals surface area (Å²) in [7, 11) is 0. The van der Waals surface area contributed by atoms with Crippen LogP contribution in [0.4, 0.5) is 27.8 Å². The molecule has 0 aromatic carbocycles. The van der Waals surface area contributed by atoms with E-state index in [-0.39, 0.29) is 29.8 Å². The second-order valence-corrected chi connectivity index (χ2v) is 18.2. The second kappa shape index (κ2) is 20.6.